The van der Waals surface area contributed by atoms with Gasteiger partial charge in [-0.25, -0.2) is 0 Å². The van der Waals surface area contributed by atoms with Gasteiger partial charge in [0.1, 0.15) is 30.8 Å². The number of hydrogen-bond acceptors (Lipinski definition) is 4. The third kappa shape index (κ3) is 4.30. The van der Waals surface area contributed by atoms with Gasteiger partial charge in [0.2, 0.25) is 0 Å². The van der Waals surface area contributed by atoms with Crippen LogP contribution in [-0.4, -0.2) is 20.3 Å². The van der Waals surface area contributed by atoms with Crippen LogP contribution in [0.25, 0.3) is 0 Å². The summed E-state index contributed by atoms with van der Waals surface area (Å²) in [5.74, 6) is 1.96. The molecule has 0 aliphatic carbocycles. The lowest BCUT2D eigenvalue weighted by Crippen LogP contribution is -2.10. The van der Waals surface area contributed by atoms with E-state index in [1.165, 1.54) is 0 Å². The van der Waals surface area contributed by atoms with Crippen molar-refractivity contribution >= 4 is 27.5 Å². The molecular formula is C16H13BrClNO3. The third-order valence-corrected chi connectivity index (χ3v) is 3.59. The predicted octanol–water partition coefficient (Wildman–Crippen LogP) is 4.44. The minimum atomic E-state index is 0.306. The quantitative estimate of drug-likeness (QED) is 0.693. The second-order valence-corrected chi connectivity index (χ2v) is 5.54. The summed E-state index contributed by atoms with van der Waals surface area (Å²) in [5, 5.41) is 9.58. The van der Waals surface area contributed by atoms with Crippen molar-refractivity contribution < 1.29 is 14.2 Å². The average Bonchev–Trinajstić information content (AvgIpc) is 2.53. The second-order valence-electron chi connectivity index (χ2n) is 4.25. The molecule has 4 nitrogen and oxygen atoms in total. The summed E-state index contributed by atoms with van der Waals surface area (Å²) in [4.78, 5) is 0. The van der Waals surface area contributed by atoms with Crippen LogP contribution in [0.15, 0.2) is 40.9 Å². The van der Waals surface area contributed by atoms with Crippen molar-refractivity contribution in [2.45, 2.75) is 0 Å². The Hall–Kier alpha value is -1.90. The molecule has 0 spiro atoms. The lowest BCUT2D eigenvalue weighted by atomic mass is 10.2. The van der Waals surface area contributed by atoms with E-state index in [0.29, 0.717) is 34.0 Å². The summed E-state index contributed by atoms with van der Waals surface area (Å²) in [6.45, 7) is 0.660. The normalized spacial score (nSPS) is 9.91. The number of hydrogen-bond donors (Lipinski definition) is 0. The number of methoxy groups -OCH3 is 1. The maximum atomic E-state index is 9.10. The zero-order valence-electron chi connectivity index (χ0n) is 11.8. The van der Waals surface area contributed by atoms with E-state index in [1.54, 1.807) is 19.2 Å². The molecule has 2 aromatic rings. The van der Waals surface area contributed by atoms with Crippen LogP contribution in [0, 0.1) is 11.3 Å². The average molecular weight is 383 g/mol. The fourth-order valence-corrected chi connectivity index (χ4v) is 2.69. The molecule has 0 aromatic heterocycles. The van der Waals surface area contributed by atoms with Gasteiger partial charge in [0.25, 0.3) is 0 Å². The van der Waals surface area contributed by atoms with Crippen LogP contribution in [0.4, 0.5) is 0 Å². The Balaban J connectivity index is 1.90. The lowest BCUT2D eigenvalue weighted by Gasteiger charge is -2.11. The van der Waals surface area contributed by atoms with Crippen molar-refractivity contribution in [3.63, 3.8) is 0 Å². The maximum absolute atomic E-state index is 9.10. The maximum Gasteiger partial charge on any atom is 0.151 e. The third-order valence-electron chi connectivity index (χ3n) is 2.79. The van der Waals surface area contributed by atoms with E-state index in [9.17, 15) is 0 Å². The highest BCUT2D eigenvalue weighted by Crippen LogP contribution is 2.32. The van der Waals surface area contributed by atoms with Crippen molar-refractivity contribution in [3.05, 3.63) is 51.5 Å². The molecule has 0 atom stereocenters. The standard InChI is InChI=1S/C16H13BrClNO3/c1-20-13-2-4-14(5-3-13)21-6-7-22-16-11(10-19)8-12(18)9-15(16)17/h2-5,8-9H,6-7H2,1H3. The van der Waals surface area contributed by atoms with Crippen LogP contribution >= 0.6 is 27.5 Å². The Morgan fingerprint density at radius 1 is 1.09 bits per heavy atom. The van der Waals surface area contributed by atoms with Crippen LogP contribution in [-0.2, 0) is 0 Å². The minimum Gasteiger partial charge on any atom is -0.497 e. The zero-order valence-corrected chi connectivity index (χ0v) is 14.1. The summed E-state index contributed by atoms with van der Waals surface area (Å²) in [7, 11) is 1.61. The molecule has 0 N–H and O–H groups in total. The van der Waals surface area contributed by atoms with Gasteiger partial charge in [-0.15, -0.1) is 0 Å². The summed E-state index contributed by atoms with van der Waals surface area (Å²) in [6.07, 6.45) is 0. The van der Waals surface area contributed by atoms with Gasteiger partial charge in [0.15, 0.2) is 5.75 Å². The van der Waals surface area contributed by atoms with Crippen LogP contribution in [0.2, 0.25) is 5.02 Å². The second kappa shape index (κ2) is 7.92. The molecule has 2 rings (SSSR count). The van der Waals surface area contributed by atoms with Crippen LogP contribution in [0.3, 0.4) is 0 Å². The number of nitriles is 1. The number of rotatable bonds is 6. The van der Waals surface area contributed by atoms with Gasteiger partial charge in [-0.3, -0.25) is 0 Å². The smallest absolute Gasteiger partial charge is 0.151 e. The highest BCUT2D eigenvalue weighted by Gasteiger charge is 2.10. The van der Waals surface area contributed by atoms with E-state index in [1.807, 2.05) is 24.3 Å². The van der Waals surface area contributed by atoms with E-state index in [4.69, 9.17) is 31.1 Å². The van der Waals surface area contributed by atoms with Crippen LogP contribution in [0.5, 0.6) is 17.2 Å². The van der Waals surface area contributed by atoms with Crippen molar-refractivity contribution in [1.29, 1.82) is 5.26 Å². The predicted molar refractivity (Wildman–Crippen MR) is 87.9 cm³/mol. The first-order chi connectivity index (χ1) is 10.6. The molecule has 0 saturated heterocycles. The van der Waals surface area contributed by atoms with Gasteiger partial charge in [-0.1, -0.05) is 11.6 Å². The van der Waals surface area contributed by atoms with Gasteiger partial charge in [-0.05, 0) is 52.3 Å². The molecular weight excluding hydrogens is 370 g/mol. The molecule has 0 radical (unpaired) electrons. The zero-order chi connectivity index (χ0) is 15.9. The van der Waals surface area contributed by atoms with Gasteiger partial charge >= 0.3 is 0 Å². The topological polar surface area (TPSA) is 51.5 Å². The molecule has 0 heterocycles. The molecule has 2 aromatic carbocycles. The molecule has 22 heavy (non-hydrogen) atoms. The number of benzene rings is 2. The first kappa shape index (κ1) is 16.5. The Morgan fingerprint density at radius 3 is 2.36 bits per heavy atom. The minimum absolute atomic E-state index is 0.306. The number of ether oxygens (including phenoxy) is 3. The van der Waals surface area contributed by atoms with Gasteiger partial charge in [0, 0.05) is 5.02 Å². The molecule has 114 valence electrons. The van der Waals surface area contributed by atoms with E-state index < -0.39 is 0 Å². The Morgan fingerprint density at radius 2 is 1.73 bits per heavy atom. The fourth-order valence-electron chi connectivity index (χ4n) is 1.77. The Labute approximate surface area is 142 Å². The fraction of sp³-hybridized carbons (Fsp3) is 0.188. The Bertz CT molecular complexity index is 683. The van der Waals surface area contributed by atoms with Gasteiger partial charge in [0.05, 0.1) is 17.1 Å². The van der Waals surface area contributed by atoms with Crippen molar-refractivity contribution in [1.82, 2.24) is 0 Å². The molecule has 0 amide bonds. The van der Waals surface area contributed by atoms with E-state index in [2.05, 4.69) is 22.0 Å². The SMILES string of the molecule is COc1ccc(OCCOc2c(Br)cc(Cl)cc2C#N)cc1. The molecule has 0 unspecified atom stereocenters. The molecule has 6 heteroatoms. The molecule has 0 saturated carbocycles. The number of nitrogens with zero attached hydrogens (tertiary/aromatic N) is 1. The van der Waals surface area contributed by atoms with E-state index in [-0.39, 0.29) is 0 Å². The van der Waals surface area contributed by atoms with Crippen molar-refractivity contribution in [3.8, 4) is 23.3 Å². The summed E-state index contributed by atoms with van der Waals surface area (Å²) < 4.78 is 16.9. The Kier molecular flexibility index (Phi) is 5.93. The monoisotopic (exact) mass is 381 g/mol. The molecule has 0 bridgehead atoms. The van der Waals surface area contributed by atoms with E-state index >= 15 is 0 Å². The first-order valence-electron chi connectivity index (χ1n) is 6.43. The summed E-state index contributed by atoms with van der Waals surface area (Å²) in [6, 6.07) is 12.6. The highest BCUT2D eigenvalue weighted by molar-refractivity contribution is 9.10. The van der Waals surface area contributed by atoms with Gasteiger partial charge in [-0.2, -0.15) is 5.26 Å². The summed E-state index contributed by atoms with van der Waals surface area (Å²) >= 11 is 9.23. The van der Waals surface area contributed by atoms with Crippen LogP contribution < -0.4 is 14.2 Å². The van der Waals surface area contributed by atoms with Crippen molar-refractivity contribution in [2.24, 2.45) is 0 Å². The van der Waals surface area contributed by atoms with E-state index in [0.717, 1.165) is 11.5 Å². The lowest BCUT2D eigenvalue weighted by molar-refractivity contribution is 0.216. The highest BCUT2D eigenvalue weighted by atomic mass is 79.9. The summed E-state index contributed by atoms with van der Waals surface area (Å²) in [5.41, 5.74) is 0.379. The molecule has 0 aliphatic rings. The molecule has 0 fully saturated rings. The van der Waals surface area contributed by atoms with Gasteiger partial charge < -0.3 is 14.2 Å². The first-order valence-corrected chi connectivity index (χ1v) is 7.60. The largest absolute Gasteiger partial charge is 0.497 e. The van der Waals surface area contributed by atoms with Crippen LogP contribution in [0.1, 0.15) is 5.56 Å². The number of halogens is 2. The molecule has 0 aliphatic heterocycles. The van der Waals surface area contributed by atoms with Crippen molar-refractivity contribution in [2.75, 3.05) is 20.3 Å².